The first-order valence-electron chi connectivity index (χ1n) is 8.05. The molecule has 5 heteroatoms. The Kier molecular flexibility index (Phi) is 3.94. The summed E-state index contributed by atoms with van der Waals surface area (Å²) in [5.74, 6) is 2.76. The van der Waals surface area contributed by atoms with Crippen LogP contribution in [0.2, 0.25) is 0 Å². The molecule has 120 valence electrons. The van der Waals surface area contributed by atoms with Crippen molar-refractivity contribution in [1.29, 1.82) is 0 Å². The number of benzene rings is 2. The van der Waals surface area contributed by atoms with Gasteiger partial charge in [0, 0.05) is 16.3 Å². The highest BCUT2D eigenvalue weighted by atomic mass is 32.2. The van der Waals surface area contributed by atoms with Crippen molar-refractivity contribution in [2.45, 2.75) is 19.6 Å². The molecule has 0 unspecified atom stereocenters. The van der Waals surface area contributed by atoms with E-state index in [0.29, 0.717) is 0 Å². The van der Waals surface area contributed by atoms with Crippen molar-refractivity contribution in [2.75, 3.05) is 5.75 Å². The van der Waals surface area contributed by atoms with Gasteiger partial charge in [-0.3, -0.25) is 0 Å². The van der Waals surface area contributed by atoms with Crippen LogP contribution in [0, 0.1) is 6.92 Å². The van der Waals surface area contributed by atoms with Gasteiger partial charge in [0.2, 0.25) is 0 Å². The Morgan fingerprint density at radius 1 is 0.958 bits per heavy atom. The fourth-order valence-corrected chi connectivity index (χ4v) is 3.40. The third-order valence-corrected chi connectivity index (χ3v) is 4.96. The summed E-state index contributed by atoms with van der Waals surface area (Å²) in [7, 11) is 0. The fraction of sp³-hybridized carbons (Fsp3) is 0.211. The minimum Gasteiger partial charge on any atom is -0.195 e. The lowest BCUT2D eigenvalue weighted by Crippen LogP contribution is -2.01. The van der Waals surface area contributed by atoms with Crippen molar-refractivity contribution in [1.82, 2.24) is 19.8 Å². The van der Waals surface area contributed by atoms with Gasteiger partial charge in [0.15, 0.2) is 11.5 Å². The smallest absolute Gasteiger partial charge is 0.185 e. The van der Waals surface area contributed by atoms with Crippen LogP contribution in [0.15, 0.2) is 48.5 Å². The van der Waals surface area contributed by atoms with Crippen LogP contribution in [0.5, 0.6) is 0 Å². The molecule has 0 radical (unpaired) electrons. The molecule has 0 aliphatic rings. The molecule has 0 aliphatic heterocycles. The Morgan fingerprint density at radius 3 is 2.46 bits per heavy atom. The standard InChI is InChI=1S/C19H18N4S/c1-3-24-12-17-20-21-19-16-7-5-4-6-15(16)18(22-23(17)19)14-10-8-13(2)9-11-14/h4-11H,3,12H2,1-2H3. The number of rotatable bonds is 4. The predicted octanol–water partition coefficient (Wildman–Crippen LogP) is 4.51. The molecule has 2 aromatic heterocycles. The number of thioether (sulfide) groups is 1. The van der Waals surface area contributed by atoms with Crippen LogP contribution in [-0.4, -0.2) is 25.6 Å². The highest BCUT2D eigenvalue weighted by molar-refractivity contribution is 7.98. The minimum absolute atomic E-state index is 0.816. The van der Waals surface area contributed by atoms with Crippen LogP contribution in [0.1, 0.15) is 18.3 Å². The molecule has 0 N–H and O–H groups in total. The lowest BCUT2D eigenvalue weighted by atomic mass is 10.0. The van der Waals surface area contributed by atoms with Gasteiger partial charge in [0.1, 0.15) is 0 Å². The van der Waals surface area contributed by atoms with Crippen molar-refractivity contribution < 1.29 is 0 Å². The van der Waals surface area contributed by atoms with Crippen LogP contribution in [0.3, 0.4) is 0 Å². The summed E-state index contributed by atoms with van der Waals surface area (Å²) in [5.41, 5.74) is 4.16. The van der Waals surface area contributed by atoms with E-state index in [1.54, 1.807) is 0 Å². The van der Waals surface area contributed by atoms with Gasteiger partial charge in [-0.05, 0) is 12.7 Å². The fourth-order valence-electron chi connectivity index (χ4n) is 2.83. The Hall–Kier alpha value is -2.40. The third kappa shape index (κ3) is 2.55. The van der Waals surface area contributed by atoms with E-state index in [2.05, 4.69) is 60.4 Å². The minimum atomic E-state index is 0.816. The molecule has 0 spiro atoms. The zero-order valence-electron chi connectivity index (χ0n) is 13.7. The Labute approximate surface area is 144 Å². The Balaban J connectivity index is 2.01. The van der Waals surface area contributed by atoms with Crippen molar-refractivity contribution in [2.24, 2.45) is 0 Å². The second-order valence-electron chi connectivity index (χ2n) is 5.75. The van der Waals surface area contributed by atoms with Gasteiger partial charge in [0.05, 0.1) is 11.4 Å². The molecular weight excluding hydrogens is 316 g/mol. The van der Waals surface area contributed by atoms with Crippen LogP contribution in [-0.2, 0) is 5.75 Å². The summed E-state index contributed by atoms with van der Waals surface area (Å²) in [6.45, 7) is 4.24. The monoisotopic (exact) mass is 334 g/mol. The van der Waals surface area contributed by atoms with E-state index in [1.165, 1.54) is 5.56 Å². The molecule has 0 saturated heterocycles. The number of fused-ring (bicyclic) bond motifs is 3. The Bertz CT molecular complexity index is 1010. The van der Waals surface area contributed by atoms with E-state index in [9.17, 15) is 0 Å². The van der Waals surface area contributed by atoms with Gasteiger partial charge < -0.3 is 0 Å². The van der Waals surface area contributed by atoms with E-state index in [-0.39, 0.29) is 0 Å². The van der Waals surface area contributed by atoms with Gasteiger partial charge >= 0.3 is 0 Å². The molecule has 0 fully saturated rings. The molecule has 2 aromatic carbocycles. The summed E-state index contributed by atoms with van der Waals surface area (Å²) >= 11 is 1.83. The Morgan fingerprint density at radius 2 is 1.71 bits per heavy atom. The maximum Gasteiger partial charge on any atom is 0.185 e. The molecule has 0 amide bonds. The topological polar surface area (TPSA) is 43.1 Å². The summed E-state index contributed by atoms with van der Waals surface area (Å²) in [4.78, 5) is 0. The number of aryl methyl sites for hydroxylation is 1. The number of nitrogens with zero attached hydrogens (tertiary/aromatic N) is 4. The molecule has 0 saturated carbocycles. The average molecular weight is 334 g/mol. The predicted molar refractivity (Wildman–Crippen MR) is 100 cm³/mol. The first-order chi connectivity index (χ1) is 11.8. The molecule has 4 aromatic rings. The summed E-state index contributed by atoms with van der Waals surface area (Å²) in [6, 6.07) is 16.8. The van der Waals surface area contributed by atoms with Gasteiger partial charge in [-0.2, -0.15) is 21.4 Å². The van der Waals surface area contributed by atoms with Crippen molar-refractivity contribution in [3.8, 4) is 11.3 Å². The molecule has 4 rings (SSSR count). The van der Waals surface area contributed by atoms with Gasteiger partial charge in [-0.15, -0.1) is 10.2 Å². The quantitative estimate of drug-likeness (QED) is 0.551. The SMILES string of the molecule is CCSCc1nnc2c3ccccc3c(-c3ccc(C)cc3)nn12. The third-order valence-electron chi connectivity index (χ3n) is 4.09. The number of hydrogen-bond donors (Lipinski definition) is 0. The van der Waals surface area contributed by atoms with Gasteiger partial charge in [-0.25, -0.2) is 0 Å². The maximum atomic E-state index is 4.89. The van der Waals surface area contributed by atoms with Gasteiger partial charge in [-0.1, -0.05) is 61.0 Å². The average Bonchev–Trinajstić information content (AvgIpc) is 3.03. The zero-order valence-corrected chi connectivity index (χ0v) is 14.5. The number of hydrogen-bond acceptors (Lipinski definition) is 4. The van der Waals surface area contributed by atoms with Crippen molar-refractivity contribution in [3.63, 3.8) is 0 Å². The highest BCUT2D eigenvalue weighted by Crippen LogP contribution is 2.29. The van der Waals surface area contributed by atoms with Crippen LogP contribution in [0.25, 0.3) is 27.7 Å². The largest absolute Gasteiger partial charge is 0.195 e. The molecule has 0 atom stereocenters. The second-order valence-corrected chi connectivity index (χ2v) is 7.02. The van der Waals surface area contributed by atoms with Crippen LogP contribution in [0.4, 0.5) is 0 Å². The molecular formula is C19H18N4S. The molecule has 24 heavy (non-hydrogen) atoms. The number of aromatic nitrogens is 4. The van der Waals surface area contributed by atoms with E-state index in [4.69, 9.17) is 5.10 Å². The lowest BCUT2D eigenvalue weighted by molar-refractivity contribution is 0.876. The summed E-state index contributed by atoms with van der Waals surface area (Å²) < 4.78 is 1.90. The van der Waals surface area contributed by atoms with Crippen LogP contribution < -0.4 is 0 Å². The molecule has 2 heterocycles. The molecule has 4 nitrogen and oxygen atoms in total. The van der Waals surface area contributed by atoms with E-state index in [0.717, 1.165) is 45.0 Å². The lowest BCUT2D eigenvalue weighted by Gasteiger charge is -2.09. The van der Waals surface area contributed by atoms with E-state index >= 15 is 0 Å². The van der Waals surface area contributed by atoms with Crippen molar-refractivity contribution in [3.05, 3.63) is 59.9 Å². The first-order valence-corrected chi connectivity index (χ1v) is 9.21. The first kappa shape index (κ1) is 15.1. The van der Waals surface area contributed by atoms with Gasteiger partial charge in [0.25, 0.3) is 0 Å². The van der Waals surface area contributed by atoms with Crippen LogP contribution >= 0.6 is 11.8 Å². The second kappa shape index (κ2) is 6.24. The summed E-state index contributed by atoms with van der Waals surface area (Å²) in [5, 5.41) is 15.8. The zero-order chi connectivity index (χ0) is 16.5. The normalized spacial score (nSPS) is 11.4. The van der Waals surface area contributed by atoms with Crippen molar-refractivity contribution >= 4 is 28.2 Å². The molecule has 0 aliphatic carbocycles. The highest BCUT2D eigenvalue weighted by Gasteiger charge is 2.14. The summed E-state index contributed by atoms with van der Waals surface area (Å²) in [6.07, 6.45) is 0. The maximum absolute atomic E-state index is 4.89. The van der Waals surface area contributed by atoms with E-state index < -0.39 is 0 Å². The molecule has 0 bridgehead atoms. The van der Waals surface area contributed by atoms with E-state index in [1.807, 2.05) is 28.4 Å².